The van der Waals surface area contributed by atoms with Gasteiger partial charge in [-0.3, -0.25) is 14.9 Å². The lowest BCUT2D eigenvalue weighted by Crippen LogP contribution is -2.36. The van der Waals surface area contributed by atoms with Gasteiger partial charge in [0.15, 0.2) is 17.3 Å². The lowest BCUT2D eigenvalue weighted by molar-refractivity contribution is -0.384. The van der Waals surface area contributed by atoms with Crippen molar-refractivity contribution < 1.29 is 19.2 Å². The third-order valence-electron chi connectivity index (χ3n) is 5.18. The highest BCUT2D eigenvalue weighted by atomic mass is 35.5. The molecular weight excluding hydrogens is 384 g/mol. The first-order valence-electron chi connectivity index (χ1n) is 9.15. The molecule has 8 heteroatoms. The number of benzene rings is 2. The van der Waals surface area contributed by atoms with Gasteiger partial charge in [0.05, 0.1) is 15.6 Å². The summed E-state index contributed by atoms with van der Waals surface area (Å²) < 4.78 is 11.1. The van der Waals surface area contributed by atoms with E-state index >= 15 is 0 Å². The van der Waals surface area contributed by atoms with Crippen molar-refractivity contribution in [2.45, 2.75) is 12.8 Å². The Morgan fingerprint density at radius 1 is 1.07 bits per heavy atom. The molecule has 7 nitrogen and oxygen atoms in total. The van der Waals surface area contributed by atoms with Gasteiger partial charge < -0.3 is 14.4 Å². The lowest BCUT2D eigenvalue weighted by atomic mass is 9.88. The zero-order valence-electron chi connectivity index (χ0n) is 15.1. The molecule has 2 aliphatic heterocycles. The molecule has 0 unspecified atom stereocenters. The van der Waals surface area contributed by atoms with Gasteiger partial charge in [-0.2, -0.15) is 0 Å². The molecule has 28 heavy (non-hydrogen) atoms. The number of anilines is 1. The van der Waals surface area contributed by atoms with Gasteiger partial charge in [0.25, 0.3) is 5.69 Å². The zero-order chi connectivity index (χ0) is 19.7. The van der Waals surface area contributed by atoms with E-state index in [0.717, 1.165) is 5.69 Å². The Bertz CT molecular complexity index is 925. The van der Waals surface area contributed by atoms with E-state index in [-0.39, 0.29) is 17.4 Å². The van der Waals surface area contributed by atoms with Gasteiger partial charge in [-0.25, -0.2) is 0 Å². The number of ether oxygens (including phenoxy) is 2. The third kappa shape index (κ3) is 3.62. The number of Topliss-reactive ketones (excluding diaryl/α,β-unsaturated/α-hetero) is 1. The third-order valence-corrected chi connectivity index (χ3v) is 5.48. The first kappa shape index (κ1) is 18.6. The highest BCUT2D eigenvalue weighted by molar-refractivity contribution is 6.33. The first-order chi connectivity index (χ1) is 13.5. The molecule has 1 saturated heterocycles. The molecule has 0 aliphatic carbocycles. The average Bonchev–Trinajstić information content (AvgIpc) is 2.73. The van der Waals surface area contributed by atoms with E-state index in [1.54, 1.807) is 24.3 Å². The summed E-state index contributed by atoms with van der Waals surface area (Å²) in [5, 5.41) is 11.2. The van der Waals surface area contributed by atoms with Crippen LogP contribution in [0.5, 0.6) is 11.5 Å². The van der Waals surface area contributed by atoms with Crippen molar-refractivity contribution in [2.24, 2.45) is 5.92 Å². The number of halogens is 1. The second-order valence-electron chi connectivity index (χ2n) is 6.88. The highest BCUT2D eigenvalue weighted by Crippen LogP contribution is 2.35. The number of carbonyl (C=O) groups excluding carboxylic acids is 1. The zero-order valence-corrected chi connectivity index (χ0v) is 15.9. The van der Waals surface area contributed by atoms with Crippen LogP contribution in [0.15, 0.2) is 36.4 Å². The van der Waals surface area contributed by atoms with Gasteiger partial charge in [-0.05, 0) is 37.1 Å². The van der Waals surface area contributed by atoms with Crippen molar-refractivity contribution in [3.63, 3.8) is 0 Å². The van der Waals surface area contributed by atoms with Crippen molar-refractivity contribution in [3.05, 3.63) is 57.1 Å². The van der Waals surface area contributed by atoms with Crippen LogP contribution in [0, 0.1) is 16.0 Å². The second kappa shape index (κ2) is 7.67. The molecule has 2 aliphatic rings. The van der Waals surface area contributed by atoms with Crippen LogP contribution in [-0.2, 0) is 0 Å². The smallest absolute Gasteiger partial charge is 0.271 e. The number of nitro benzene ring substituents is 1. The minimum absolute atomic E-state index is 0.0302. The van der Waals surface area contributed by atoms with Crippen LogP contribution in [0.4, 0.5) is 11.4 Å². The Hall–Kier alpha value is -2.80. The summed E-state index contributed by atoms with van der Waals surface area (Å²) in [6, 6.07) is 9.82. The van der Waals surface area contributed by atoms with Gasteiger partial charge in [0.1, 0.15) is 13.2 Å². The van der Waals surface area contributed by atoms with E-state index < -0.39 is 4.92 Å². The molecule has 146 valence electrons. The average molecular weight is 403 g/mol. The van der Waals surface area contributed by atoms with Crippen LogP contribution in [0.3, 0.4) is 0 Å². The number of hydrogen-bond donors (Lipinski definition) is 0. The minimum Gasteiger partial charge on any atom is -0.486 e. The molecule has 2 aromatic rings. The van der Waals surface area contributed by atoms with Crippen molar-refractivity contribution in [1.82, 2.24) is 0 Å². The number of ketones is 1. The van der Waals surface area contributed by atoms with Crippen molar-refractivity contribution >= 4 is 28.8 Å². The summed E-state index contributed by atoms with van der Waals surface area (Å²) in [4.78, 5) is 25.4. The van der Waals surface area contributed by atoms with E-state index in [2.05, 4.69) is 4.90 Å². The second-order valence-corrected chi connectivity index (χ2v) is 7.28. The number of nitrogens with zero attached hydrogens (tertiary/aromatic N) is 2. The topological polar surface area (TPSA) is 81.9 Å². The Kier molecular flexibility index (Phi) is 5.09. The van der Waals surface area contributed by atoms with Gasteiger partial charge in [0, 0.05) is 36.7 Å². The first-order valence-corrected chi connectivity index (χ1v) is 9.53. The quantitative estimate of drug-likeness (QED) is 0.434. The van der Waals surface area contributed by atoms with E-state index in [0.29, 0.717) is 61.2 Å². The number of nitro groups is 1. The maximum absolute atomic E-state index is 12.9. The summed E-state index contributed by atoms with van der Waals surface area (Å²) in [5.74, 6) is 1.32. The normalized spacial score (nSPS) is 16.7. The molecule has 2 aromatic carbocycles. The van der Waals surface area contributed by atoms with Crippen molar-refractivity contribution in [1.29, 1.82) is 0 Å². The van der Waals surface area contributed by atoms with Crippen LogP contribution < -0.4 is 14.4 Å². The molecule has 2 heterocycles. The van der Waals surface area contributed by atoms with Gasteiger partial charge in [-0.1, -0.05) is 11.6 Å². The predicted octanol–water partition coefficient (Wildman–Crippen LogP) is 4.12. The molecule has 0 atom stereocenters. The SMILES string of the molecule is O=C(c1ccc2c(c1)OCCO2)C1CCN(c2ccc([N+](=O)[O-])cc2Cl)CC1. The number of carbonyl (C=O) groups is 1. The molecular formula is C20H19ClN2O5. The number of piperidine rings is 1. The molecule has 0 amide bonds. The Balaban J connectivity index is 1.43. The van der Waals surface area contributed by atoms with Crippen molar-refractivity contribution in [2.75, 3.05) is 31.2 Å². The van der Waals surface area contributed by atoms with E-state index in [1.165, 1.54) is 12.1 Å². The van der Waals surface area contributed by atoms with Gasteiger partial charge >= 0.3 is 0 Å². The maximum atomic E-state index is 12.9. The summed E-state index contributed by atoms with van der Waals surface area (Å²) in [7, 11) is 0. The molecule has 0 bridgehead atoms. The Morgan fingerprint density at radius 3 is 2.46 bits per heavy atom. The largest absolute Gasteiger partial charge is 0.486 e. The lowest BCUT2D eigenvalue weighted by Gasteiger charge is -2.33. The maximum Gasteiger partial charge on any atom is 0.271 e. The molecule has 0 saturated carbocycles. The highest BCUT2D eigenvalue weighted by Gasteiger charge is 2.28. The number of non-ortho nitro benzene ring substituents is 1. The fourth-order valence-corrected chi connectivity index (χ4v) is 3.98. The molecule has 1 fully saturated rings. The molecule has 0 radical (unpaired) electrons. The Labute approximate surface area is 167 Å². The molecule has 0 aromatic heterocycles. The predicted molar refractivity (Wildman–Crippen MR) is 105 cm³/mol. The van der Waals surface area contributed by atoms with Crippen LogP contribution in [0.25, 0.3) is 0 Å². The summed E-state index contributed by atoms with van der Waals surface area (Å²) >= 11 is 6.23. The van der Waals surface area contributed by atoms with E-state index in [1.807, 2.05) is 0 Å². The van der Waals surface area contributed by atoms with Gasteiger partial charge in [-0.15, -0.1) is 0 Å². The van der Waals surface area contributed by atoms with Crippen LogP contribution in [0.1, 0.15) is 23.2 Å². The monoisotopic (exact) mass is 402 g/mol. The van der Waals surface area contributed by atoms with Crippen LogP contribution >= 0.6 is 11.6 Å². The summed E-state index contributed by atoms with van der Waals surface area (Å²) in [6.07, 6.45) is 1.39. The van der Waals surface area contributed by atoms with Crippen molar-refractivity contribution in [3.8, 4) is 11.5 Å². The number of hydrogen-bond acceptors (Lipinski definition) is 6. The fourth-order valence-electron chi connectivity index (χ4n) is 3.68. The number of fused-ring (bicyclic) bond motifs is 1. The molecule has 0 spiro atoms. The summed E-state index contributed by atoms with van der Waals surface area (Å²) in [6.45, 7) is 2.33. The minimum atomic E-state index is -0.464. The molecule has 0 N–H and O–H groups in total. The standard InChI is InChI=1S/C20H19ClN2O5/c21-16-12-15(23(25)26)2-3-17(16)22-7-5-13(6-8-22)20(24)14-1-4-18-19(11-14)28-10-9-27-18/h1-4,11-13H,5-10H2. The van der Waals surface area contributed by atoms with Gasteiger partial charge in [0.2, 0.25) is 0 Å². The summed E-state index contributed by atoms with van der Waals surface area (Å²) in [5.41, 5.74) is 1.37. The van der Waals surface area contributed by atoms with Crippen LogP contribution in [-0.4, -0.2) is 37.0 Å². The molecule has 4 rings (SSSR count). The Morgan fingerprint density at radius 2 is 1.79 bits per heavy atom. The van der Waals surface area contributed by atoms with E-state index in [9.17, 15) is 14.9 Å². The fraction of sp³-hybridized carbons (Fsp3) is 0.350. The van der Waals surface area contributed by atoms with Crippen LogP contribution in [0.2, 0.25) is 5.02 Å². The number of rotatable bonds is 4. The van der Waals surface area contributed by atoms with E-state index in [4.69, 9.17) is 21.1 Å².